The Kier molecular flexibility index (Phi) is 3.05. The van der Waals surface area contributed by atoms with Gasteiger partial charge in [0.2, 0.25) is 0 Å². The molecular formula is C11H17N6O+. The van der Waals surface area contributed by atoms with Gasteiger partial charge in [0.15, 0.2) is 5.52 Å². The van der Waals surface area contributed by atoms with Gasteiger partial charge >= 0.3 is 6.02 Å². The first kappa shape index (κ1) is 12.2. The second-order valence-electron chi connectivity index (χ2n) is 4.34. The maximum Gasteiger partial charge on any atom is 0.471 e. The maximum absolute atomic E-state index is 5.91. The van der Waals surface area contributed by atoms with Crippen molar-refractivity contribution in [2.75, 3.05) is 33.9 Å². The number of nitrogen functional groups attached to an aromatic ring is 1. The van der Waals surface area contributed by atoms with Crippen LogP contribution in [-0.2, 0) is 0 Å². The lowest BCUT2D eigenvalue weighted by atomic mass is 10.3. The highest BCUT2D eigenvalue weighted by Crippen LogP contribution is 2.17. The van der Waals surface area contributed by atoms with Crippen LogP contribution in [0, 0.1) is 0 Å². The van der Waals surface area contributed by atoms with Crippen LogP contribution in [0.1, 0.15) is 0 Å². The van der Waals surface area contributed by atoms with Gasteiger partial charge in [0.25, 0.3) is 0 Å². The van der Waals surface area contributed by atoms with Crippen molar-refractivity contribution < 1.29 is 9.41 Å². The first-order valence-electron chi connectivity index (χ1n) is 5.50. The second-order valence-corrected chi connectivity index (χ2v) is 4.34. The minimum Gasteiger partial charge on any atom is -0.397 e. The second kappa shape index (κ2) is 4.52. The first-order valence-corrected chi connectivity index (χ1v) is 5.50. The van der Waals surface area contributed by atoms with Crippen molar-refractivity contribution in [1.82, 2.24) is 20.1 Å². The van der Waals surface area contributed by atoms with Gasteiger partial charge in [-0.15, -0.1) is 5.10 Å². The average Bonchev–Trinajstić information content (AvgIpc) is 2.69. The van der Waals surface area contributed by atoms with Crippen LogP contribution in [0.4, 0.5) is 5.69 Å². The summed E-state index contributed by atoms with van der Waals surface area (Å²) >= 11 is 0. The van der Waals surface area contributed by atoms with Gasteiger partial charge in [-0.3, -0.25) is 4.84 Å². The Morgan fingerprint density at radius 2 is 2.11 bits per heavy atom. The van der Waals surface area contributed by atoms with Crippen LogP contribution >= 0.6 is 0 Å². The molecule has 1 heterocycles. The van der Waals surface area contributed by atoms with Crippen LogP contribution in [-0.4, -0.2) is 58.8 Å². The van der Waals surface area contributed by atoms with Gasteiger partial charge in [-0.1, -0.05) is 10.9 Å². The molecule has 18 heavy (non-hydrogen) atoms. The summed E-state index contributed by atoms with van der Waals surface area (Å²) in [5.41, 5.74) is 7.86. The van der Waals surface area contributed by atoms with Crippen LogP contribution in [0.3, 0.4) is 0 Å². The van der Waals surface area contributed by atoms with Crippen LogP contribution in [0.15, 0.2) is 18.2 Å². The third-order valence-corrected chi connectivity index (χ3v) is 2.40. The minimum absolute atomic E-state index is 0.578. The summed E-state index contributed by atoms with van der Waals surface area (Å²) in [6.45, 7) is 0. The van der Waals surface area contributed by atoms with Gasteiger partial charge in [0.05, 0.1) is 33.9 Å². The molecule has 0 amide bonds. The SMILES string of the molecule is CN(C)C(On1nnc2cccc(N)c21)=[N+](C)C. The molecule has 96 valence electrons. The molecule has 0 saturated heterocycles. The molecule has 0 saturated carbocycles. The molecule has 0 aliphatic rings. The lowest BCUT2D eigenvalue weighted by Crippen LogP contribution is -2.39. The summed E-state index contributed by atoms with van der Waals surface area (Å²) in [6, 6.07) is 6.09. The van der Waals surface area contributed by atoms with Crippen molar-refractivity contribution >= 4 is 22.7 Å². The normalized spacial score (nSPS) is 10.4. The van der Waals surface area contributed by atoms with E-state index in [0.717, 1.165) is 0 Å². The molecule has 2 N–H and O–H groups in total. The molecule has 0 atom stereocenters. The van der Waals surface area contributed by atoms with Gasteiger partial charge < -0.3 is 5.73 Å². The number of benzene rings is 1. The number of para-hydroxylation sites is 1. The Hall–Kier alpha value is -2.31. The Morgan fingerprint density at radius 3 is 2.72 bits per heavy atom. The number of amidine groups is 1. The van der Waals surface area contributed by atoms with E-state index in [2.05, 4.69) is 10.3 Å². The monoisotopic (exact) mass is 249 g/mol. The van der Waals surface area contributed by atoms with E-state index >= 15 is 0 Å². The molecule has 7 heteroatoms. The minimum atomic E-state index is 0.578. The predicted octanol–water partition coefficient (Wildman–Crippen LogP) is -0.368. The smallest absolute Gasteiger partial charge is 0.397 e. The van der Waals surface area contributed by atoms with Gasteiger partial charge in [-0.05, 0) is 17.3 Å². The fourth-order valence-corrected chi connectivity index (χ4v) is 1.68. The fraction of sp³-hybridized carbons (Fsp3) is 0.364. The van der Waals surface area contributed by atoms with Gasteiger partial charge in [0, 0.05) is 0 Å². The third-order valence-electron chi connectivity index (χ3n) is 2.40. The molecule has 2 aromatic rings. The fourth-order valence-electron chi connectivity index (χ4n) is 1.68. The molecule has 0 spiro atoms. The predicted molar refractivity (Wildman–Crippen MR) is 69.3 cm³/mol. The summed E-state index contributed by atoms with van der Waals surface area (Å²) < 4.78 is 1.84. The summed E-state index contributed by atoms with van der Waals surface area (Å²) in [5.74, 6) is 0. The van der Waals surface area contributed by atoms with E-state index in [1.54, 1.807) is 6.07 Å². The Balaban J connectivity index is 2.47. The number of aromatic nitrogens is 3. The zero-order valence-corrected chi connectivity index (χ0v) is 11.0. The topological polar surface area (TPSA) is 72.2 Å². The zero-order chi connectivity index (χ0) is 13.3. The molecule has 2 rings (SSSR count). The molecule has 0 aliphatic heterocycles. The van der Waals surface area contributed by atoms with Crippen LogP contribution in [0.2, 0.25) is 0 Å². The summed E-state index contributed by atoms with van der Waals surface area (Å²) in [6.07, 6.45) is 0. The molecule has 0 bridgehead atoms. The van der Waals surface area contributed by atoms with Crippen molar-refractivity contribution in [2.45, 2.75) is 0 Å². The van der Waals surface area contributed by atoms with Crippen molar-refractivity contribution in [3.8, 4) is 0 Å². The number of hydrogen-bond acceptors (Lipinski definition) is 4. The highest BCUT2D eigenvalue weighted by molar-refractivity contribution is 5.86. The molecule has 0 unspecified atom stereocenters. The van der Waals surface area contributed by atoms with E-state index in [0.29, 0.717) is 22.7 Å². The van der Waals surface area contributed by atoms with E-state index in [-0.39, 0.29) is 0 Å². The number of fused-ring (bicyclic) bond motifs is 1. The molecule has 7 nitrogen and oxygen atoms in total. The summed E-state index contributed by atoms with van der Waals surface area (Å²) in [5, 5.41) is 7.96. The Labute approximate surface area is 105 Å². The van der Waals surface area contributed by atoms with Gasteiger partial charge in [-0.25, -0.2) is 9.48 Å². The molecule has 1 aromatic carbocycles. The number of rotatable bonds is 1. The van der Waals surface area contributed by atoms with E-state index in [1.807, 2.05) is 49.8 Å². The van der Waals surface area contributed by atoms with Crippen molar-refractivity contribution in [3.63, 3.8) is 0 Å². The van der Waals surface area contributed by atoms with Crippen molar-refractivity contribution in [2.24, 2.45) is 0 Å². The maximum atomic E-state index is 5.91. The Bertz CT molecular complexity index is 597. The molecule has 0 fully saturated rings. The lowest BCUT2D eigenvalue weighted by Gasteiger charge is -2.10. The van der Waals surface area contributed by atoms with Crippen LogP contribution in [0.25, 0.3) is 11.0 Å². The van der Waals surface area contributed by atoms with Gasteiger partial charge in [0.1, 0.15) is 5.52 Å². The summed E-state index contributed by atoms with van der Waals surface area (Å²) in [7, 11) is 7.55. The number of nitrogens with zero attached hydrogens (tertiary/aromatic N) is 5. The van der Waals surface area contributed by atoms with Crippen LogP contribution in [0.5, 0.6) is 0 Å². The zero-order valence-electron chi connectivity index (χ0n) is 11.0. The first-order chi connectivity index (χ1) is 8.50. The average molecular weight is 249 g/mol. The molecule has 0 radical (unpaired) electrons. The van der Waals surface area contributed by atoms with Gasteiger partial charge in [-0.2, -0.15) is 0 Å². The highest BCUT2D eigenvalue weighted by atomic mass is 16.7. The lowest BCUT2D eigenvalue weighted by molar-refractivity contribution is -0.480. The highest BCUT2D eigenvalue weighted by Gasteiger charge is 2.18. The van der Waals surface area contributed by atoms with E-state index in [1.165, 1.54) is 4.85 Å². The number of hydrogen-bond donors (Lipinski definition) is 1. The Morgan fingerprint density at radius 1 is 1.39 bits per heavy atom. The molecule has 0 aliphatic carbocycles. The van der Waals surface area contributed by atoms with Crippen molar-refractivity contribution in [1.29, 1.82) is 0 Å². The number of nitrogens with two attached hydrogens (primary N) is 1. The molecular weight excluding hydrogens is 232 g/mol. The van der Waals surface area contributed by atoms with E-state index in [4.69, 9.17) is 10.6 Å². The third kappa shape index (κ3) is 2.06. The standard InChI is InChI=1S/C11H17N6O/c1-15(2)11(16(3)4)18-17-10-8(12)6-5-7-9(10)13-14-17/h5-7H,12H2,1-4H3/q+1. The molecule has 1 aromatic heterocycles. The largest absolute Gasteiger partial charge is 0.471 e. The number of anilines is 1. The summed E-state index contributed by atoms with van der Waals surface area (Å²) in [4.78, 5) is 8.88. The van der Waals surface area contributed by atoms with E-state index in [9.17, 15) is 0 Å². The van der Waals surface area contributed by atoms with Crippen LogP contribution < -0.4 is 10.6 Å². The quantitative estimate of drug-likeness (QED) is 0.323. The van der Waals surface area contributed by atoms with Crippen molar-refractivity contribution in [3.05, 3.63) is 18.2 Å². The van der Waals surface area contributed by atoms with E-state index < -0.39 is 0 Å².